The summed E-state index contributed by atoms with van der Waals surface area (Å²) in [6.07, 6.45) is 2.16. The van der Waals surface area contributed by atoms with Crippen LogP contribution in [0.5, 0.6) is 5.75 Å². The number of aliphatic hydroxyl groups is 1. The lowest BCUT2D eigenvalue weighted by atomic mass is 10.1. The van der Waals surface area contributed by atoms with E-state index in [1.54, 1.807) is 0 Å². The summed E-state index contributed by atoms with van der Waals surface area (Å²) in [6, 6.07) is 9.07. The summed E-state index contributed by atoms with van der Waals surface area (Å²) in [5.41, 5.74) is 1.32. The summed E-state index contributed by atoms with van der Waals surface area (Å²) < 4.78 is 5.80. The highest BCUT2D eigenvalue weighted by molar-refractivity contribution is 7.99. The van der Waals surface area contributed by atoms with Crippen LogP contribution in [0.15, 0.2) is 24.3 Å². The molecule has 0 bridgehead atoms. The van der Waals surface area contributed by atoms with Crippen LogP contribution in [0.25, 0.3) is 0 Å². The number of likely N-dealkylation sites (N-methyl/N-ethyl adjacent to an activating group) is 1. The van der Waals surface area contributed by atoms with Crippen molar-refractivity contribution >= 4 is 11.8 Å². The summed E-state index contributed by atoms with van der Waals surface area (Å²) in [5, 5.41) is 10.3. The zero-order chi connectivity index (χ0) is 19.1. The SMILES string of the molecule is CN1CCN(CC(O)COc2ccc(CN(C)C3CCSCC3)cc2)CC1. The van der Waals surface area contributed by atoms with Gasteiger partial charge in [0.05, 0.1) is 0 Å². The second-order valence-corrected chi connectivity index (χ2v) is 9.20. The predicted octanol–water partition coefficient (Wildman–Crippen LogP) is 2.00. The van der Waals surface area contributed by atoms with E-state index in [0.29, 0.717) is 19.2 Å². The van der Waals surface area contributed by atoms with Crippen LogP contribution in [0.3, 0.4) is 0 Å². The van der Waals surface area contributed by atoms with Crippen LogP contribution >= 0.6 is 11.8 Å². The Kier molecular flexibility index (Phi) is 8.27. The molecular weight excluding hydrogens is 358 g/mol. The number of rotatable bonds is 8. The molecule has 2 aliphatic heterocycles. The van der Waals surface area contributed by atoms with Gasteiger partial charge in [0.2, 0.25) is 0 Å². The van der Waals surface area contributed by atoms with Gasteiger partial charge in [-0.1, -0.05) is 12.1 Å². The number of aliphatic hydroxyl groups excluding tert-OH is 1. The number of thioether (sulfide) groups is 1. The van der Waals surface area contributed by atoms with Gasteiger partial charge in [-0.2, -0.15) is 11.8 Å². The molecule has 27 heavy (non-hydrogen) atoms. The summed E-state index contributed by atoms with van der Waals surface area (Å²) in [7, 11) is 4.38. The Hall–Kier alpha value is -0.790. The summed E-state index contributed by atoms with van der Waals surface area (Å²) in [5.74, 6) is 3.42. The van der Waals surface area contributed by atoms with Crippen LogP contribution < -0.4 is 4.74 Å². The van der Waals surface area contributed by atoms with Gasteiger partial charge in [0.1, 0.15) is 18.5 Å². The zero-order valence-corrected chi connectivity index (χ0v) is 17.7. The number of hydrogen-bond donors (Lipinski definition) is 1. The van der Waals surface area contributed by atoms with Gasteiger partial charge < -0.3 is 14.7 Å². The van der Waals surface area contributed by atoms with Gasteiger partial charge in [0, 0.05) is 45.3 Å². The molecule has 1 aromatic carbocycles. The smallest absolute Gasteiger partial charge is 0.119 e. The first-order valence-corrected chi connectivity index (χ1v) is 11.3. The van der Waals surface area contributed by atoms with Crippen molar-refractivity contribution in [3.63, 3.8) is 0 Å². The largest absolute Gasteiger partial charge is 0.491 e. The Morgan fingerprint density at radius 1 is 1.15 bits per heavy atom. The van der Waals surface area contributed by atoms with Gasteiger partial charge in [0.25, 0.3) is 0 Å². The molecule has 3 rings (SSSR count). The Morgan fingerprint density at radius 3 is 2.48 bits per heavy atom. The van der Waals surface area contributed by atoms with Crippen LogP contribution in [-0.2, 0) is 6.54 Å². The van der Waals surface area contributed by atoms with E-state index < -0.39 is 6.10 Å². The van der Waals surface area contributed by atoms with Crippen molar-refractivity contribution < 1.29 is 9.84 Å². The first kappa shape index (κ1) is 20.9. The van der Waals surface area contributed by atoms with Gasteiger partial charge in [0.15, 0.2) is 0 Å². The number of nitrogens with zero attached hydrogens (tertiary/aromatic N) is 3. The highest BCUT2D eigenvalue weighted by atomic mass is 32.2. The first-order valence-electron chi connectivity index (χ1n) is 10.2. The maximum absolute atomic E-state index is 10.3. The molecule has 0 aliphatic carbocycles. The van der Waals surface area contributed by atoms with Crippen LogP contribution in [0.1, 0.15) is 18.4 Å². The van der Waals surface area contributed by atoms with Gasteiger partial charge in [-0.25, -0.2) is 0 Å². The number of β-amino-alcohol motifs (C(OH)–C–C–N with tert-alkyl or cyclic N) is 1. The maximum Gasteiger partial charge on any atom is 0.119 e. The molecule has 0 radical (unpaired) electrons. The lowest BCUT2D eigenvalue weighted by Gasteiger charge is -2.33. The van der Waals surface area contributed by atoms with E-state index in [0.717, 1.165) is 38.5 Å². The lowest BCUT2D eigenvalue weighted by Crippen LogP contribution is -2.47. The fraction of sp³-hybridized carbons (Fsp3) is 0.714. The molecule has 1 aromatic rings. The number of piperazine rings is 1. The zero-order valence-electron chi connectivity index (χ0n) is 16.8. The van der Waals surface area contributed by atoms with Gasteiger partial charge in [-0.3, -0.25) is 9.80 Å². The monoisotopic (exact) mass is 393 g/mol. The summed E-state index contributed by atoms with van der Waals surface area (Å²) >= 11 is 2.07. The Labute approximate surface area is 168 Å². The molecule has 0 amide bonds. The minimum atomic E-state index is -0.441. The molecule has 2 heterocycles. The van der Waals surface area contributed by atoms with Crippen LogP contribution in [-0.4, -0.2) is 96.9 Å². The lowest BCUT2D eigenvalue weighted by molar-refractivity contribution is 0.0505. The molecule has 5 nitrogen and oxygen atoms in total. The molecule has 2 saturated heterocycles. The fourth-order valence-corrected chi connectivity index (χ4v) is 4.89. The second-order valence-electron chi connectivity index (χ2n) is 7.97. The molecule has 2 aliphatic rings. The van der Waals surface area contributed by atoms with E-state index in [9.17, 15) is 5.11 Å². The number of hydrogen-bond acceptors (Lipinski definition) is 6. The minimum Gasteiger partial charge on any atom is -0.491 e. The number of ether oxygens (including phenoxy) is 1. The van der Waals surface area contributed by atoms with E-state index in [4.69, 9.17) is 4.74 Å². The van der Waals surface area contributed by atoms with Gasteiger partial charge in [-0.15, -0.1) is 0 Å². The van der Waals surface area contributed by atoms with E-state index in [-0.39, 0.29) is 0 Å². The fourth-order valence-electron chi connectivity index (χ4n) is 3.81. The molecule has 0 spiro atoms. The van der Waals surface area contributed by atoms with Crippen molar-refractivity contribution in [2.24, 2.45) is 0 Å². The van der Waals surface area contributed by atoms with E-state index in [1.807, 2.05) is 12.1 Å². The van der Waals surface area contributed by atoms with E-state index in [2.05, 4.69) is 52.7 Å². The van der Waals surface area contributed by atoms with Gasteiger partial charge in [-0.05, 0) is 56.1 Å². The molecule has 152 valence electrons. The first-order chi connectivity index (χ1) is 13.1. The molecular formula is C21H35N3O2S. The van der Waals surface area contributed by atoms with Crippen molar-refractivity contribution in [3.05, 3.63) is 29.8 Å². The van der Waals surface area contributed by atoms with Crippen molar-refractivity contribution in [2.45, 2.75) is 31.5 Å². The topological polar surface area (TPSA) is 39.2 Å². The molecule has 1 unspecified atom stereocenters. The quantitative estimate of drug-likeness (QED) is 0.728. The normalized spacial score (nSPS) is 21.5. The van der Waals surface area contributed by atoms with Crippen molar-refractivity contribution in [2.75, 3.05) is 64.9 Å². The summed E-state index contributed by atoms with van der Waals surface area (Å²) in [4.78, 5) is 7.12. The van der Waals surface area contributed by atoms with Crippen molar-refractivity contribution in [1.82, 2.24) is 14.7 Å². The third-order valence-electron chi connectivity index (χ3n) is 5.68. The Bertz CT molecular complexity index is 543. The van der Waals surface area contributed by atoms with E-state index in [1.165, 1.54) is 29.9 Å². The standard InChI is InChI=1S/C21H35N3O2S/c1-22-9-11-24(12-10-22)16-20(25)17-26-21-5-3-18(4-6-21)15-23(2)19-7-13-27-14-8-19/h3-6,19-20,25H,7-17H2,1-2H3. The molecule has 1 atom stereocenters. The Morgan fingerprint density at radius 2 is 1.81 bits per heavy atom. The predicted molar refractivity (Wildman–Crippen MR) is 114 cm³/mol. The second kappa shape index (κ2) is 10.7. The van der Waals surface area contributed by atoms with Crippen molar-refractivity contribution in [1.29, 1.82) is 0 Å². The minimum absolute atomic E-state index is 0.353. The third-order valence-corrected chi connectivity index (χ3v) is 6.73. The highest BCUT2D eigenvalue weighted by Gasteiger charge is 2.19. The van der Waals surface area contributed by atoms with Gasteiger partial charge >= 0.3 is 0 Å². The van der Waals surface area contributed by atoms with E-state index >= 15 is 0 Å². The molecule has 0 aromatic heterocycles. The van der Waals surface area contributed by atoms with Crippen LogP contribution in [0.4, 0.5) is 0 Å². The highest BCUT2D eigenvalue weighted by Crippen LogP contribution is 2.22. The maximum atomic E-state index is 10.3. The average Bonchev–Trinajstić information content (AvgIpc) is 2.70. The third kappa shape index (κ3) is 6.95. The molecule has 2 fully saturated rings. The molecule has 6 heteroatoms. The van der Waals surface area contributed by atoms with Crippen LogP contribution in [0.2, 0.25) is 0 Å². The molecule has 1 N–H and O–H groups in total. The Balaban J connectivity index is 1.38. The molecule has 0 saturated carbocycles. The van der Waals surface area contributed by atoms with Crippen molar-refractivity contribution in [3.8, 4) is 5.75 Å². The summed E-state index contributed by atoms with van der Waals surface area (Å²) in [6.45, 7) is 6.22. The number of benzene rings is 1. The average molecular weight is 394 g/mol. The van der Waals surface area contributed by atoms with Crippen LogP contribution in [0, 0.1) is 0 Å².